The van der Waals surface area contributed by atoms with Crippen molar-refractivity contribution in [2.24, 2.45) is 0 Å². The number of unbranched alkanes of at least 4 members (excludes halogenated alkanes) is 2. The lowest BCUT2D eigenvalue weighted by atomic mass is 10.2. The minimum Gasteiger partial charge on any atom is -0.481 e. The van der Waals surface area contributed by atoms with Crippen LogP contribution in [-0.4, -0.2) is 23.7 Å². The molecule has 21 heavy (non-hydrogen) atoms. The molecule has 1 aromatic carbocycles. The van der Waals surface area contributed by atoms with E-state index in [0.717, 1.165) is 6.07 Å². The third-order valence-electron chi connectivity index (χ3n) is 2.60. The number of nitrogens with one attached hydrogen (secondary N) is 2. The molecule has 5 nitrogen and oxygen atoms in total. The number of carbonyl (C=O) groups excluding carboxylic acids is 1. The van der Waals surface area contributed by atoms with E-state index in [4.69, 9.17) is 5.11 Å². The van der Waals surface area contributed by atoms with Gasteiger partial charge in [-0.3, -0.25) is 4.79 Å². The van der Waals surface area contributed by atoms with Crippen LogP contribution in [0.15, 0.2) is 16.6 Å². The van der Waals surface area contributed by atoms with Crippen LogP contribution in [0.5, 0.6) is 0 Å². The highest BCUT2D eigenvalue weighted by Crippen LogP contribution is 2.26. The number of hydrogen-bond donors (Lipinski definition) is 3. The van der Waals surface area contributed by atoms with Crippen molar-refractivity contribution in [3.63, 3.8) is 0 Å². The molecular weight excluding hydrogens is 350 g/mol. The first-order valence-electron chi connectivity index (χ1n) is 6.31. The van der Waals surface area contributed by atoms with Gasteiger partial charge in [-0.1, -0.05) is 6.42 Å². The molecule has 0 heterocycles. The number of benzene rings is 1. The van der Waals surface area contributed by atoms with E-state index in [1.807, 2.05) is 0 Å². The minimum atomic E-state index is -0.876. The van der Waals surface area contributed by atoms with E-state index in [0.29, 0.717) is 31.9 Å². The zero-order chi connectivity index (χ0) is 15.8. The second-order valence-corrected chi connectivity index (χ2v) is 5.18. The van der Waals surface area contributed by atoms with Crippen molar-refractivity contribution < 1.29 is 23.5 Å². The Bertz CT molecular complexity index is 503. The summed E-state index contributed by atoms with van der Waals surface area (Å²) in [5, 5.41) is 13.2. The van der Waals surface area contributed by atoms with Crippen molar-refractivity contribution in [3.8, 4) is 0 Å². The van der Waals surface area contributed by atoms with E-state index in [1.165, 1.54) is 0 Å². The van der Waals surface area contributed by atoms with Crippen LogP contribution < -0.4 is 10.6 Å². The van der Waals surface area contributed by atoms with Gasteiger partial charge >= 0.3 is 12.0 Å². The molecule has 0 saturated heterocycles. The van der Waals surface area contributed by atoms with Gasteiger partial charge in [-0.15, -0.1) is 0 Å². The number of aliphatic carboxylic acids is 1. The lowest BCUT2D eigenvalue weighted by Gasteiger charge is -2.10. The lowest BCUT2D eigenvalue weighted by Crippen LogP contribution is -2.30. The van der Waals surface area contributed by atoms with Crippen LogP contribution in [0, 0.1) is 11.6 Å². The Morgan fingerprint density at radius 1 is 1.19 bits per heavy atom. The molecule has 116 valence electrons. The second-order valence-electron chi connectivity index (χ2n) is 4.33. The highest BCUT2D eigenvalue weighted by atomic mass is 79.9. The molecule has 0 aliphatic heterocycles. The van der Waals surface area contributed by atoms with Crippen molar-refractivity contribution in [3.05, 3.63) is 28.2 Å². The van der Waals surface area contributed by atoms with Gasteiger partial charge in [-0.2, -0.15) is 0 Å². The van der Waals surface area contributed by atoms with Gasteiger partial charge in [0.1, 0.15) is 5.82 Å². The van der Waals surface area contributed by atoms with Gasteiger partial charge < -0.3 is 15.7 Å². The van der Waals surface area contributed by atoms with E-state index in [9.17, 15) is 18.4 Å². The fourth-order valence-electron chi connectivity index (χ4n) is 1.60. The molecule has 1 rings (SSSR count). The summed E-state index contributed by atoms with van der Waals surface area (Å²) in [5.74, 6) is -2.47. The van der Waals surface area contributed by atoms with Crippen LogP contribution in [0.1, 0.15) is 25.7 Å². The molecule has 1 aromatic rings. The maximum Gasteiger partial charge on any atom is 0.319 e. The molecule has 3 N–H and O–H groups in total. The molecule has 0 bridgehead atoms. The van der Waals surface area contributed by atoms with Crippen molar-refractivity contribution in [2.45, 2.75) is 25.7 Å². The first-order valence-corrected chi connectivity index (χ1v) is 7.10. The van der Waals surface area contributed by atoms with Gasteiger partial charge in [0.25, 0.3) is 0 Å². The topological polar surface area (TPSA) is 78.4 Å². The largest absolute Gasteiger partial charge is 0.481 e. The summed E-state index contributed by atoms with van der Waals surface area (Å²) in [6, 6.07) is 1.11. The van der Waals surface area contributed by atoms with Crippen molar-refractivity contribution in [2.75, 3.05) is 11.9 Å². The number of hydrogen-bond acceptors (Lipinski definition) is 2. The molecule has 0 unspecified atom stereocenters. The molecule has 0 aliphatic carbocycles. The maximum absolute atomic E-state index is 13.5. The number of urea groups is 1. The zero-order valence-electron chi connectivity index (χ0n) is 11.1. The number of carboxylic acids is 1. The average Bonchev–Trinajstić information content (AvgIpc) is 2.37. The molecule has 0 aliphatic rings. The summed E-state index contributed by atoms with van der Waals surface area (Å²) in [7, 11) is 0. The van der Waals surface area contributed by atoms with E-state index in [2.05, 4.69) is 26.6 Å². The monoisotopic (exact) mass is 364 g/mol. The first kappa shape index (κ1) is 17.4. The van der Waals surface area contributed by atoms with Gasteiger partial charge in [0, 0.05) is 23.5 Å². The van der Waals surface area contributed by atoms with E-state index in [1.54, 1.807) is 0 Å². The van der Waals surface area contributed by atoms with Gasteiger partial charge in [-0.25, -0.2) is 13.6 Å². The van der Waals surface area contributed by atoms with E-state index in [-0.39, 0.29) is 16.6 Å². The average molecular weight is 365 g/mol. The number of rotatable bonds is 7. The van der Waals surface area contributed by atoms with Crippen LogP contribution in [0.4, 0.5) is 19.3 Å². The SMILES string of the molecule is O=C(O)CCCCCNC(=O)Nc1c(F)cc(F)cc1Br. The molecule has 8 heteroatoms. The number of halogens is 3. The van der Waals surface area contributed by atoms with Crippen LogP contribution in [0.3, 0.4) is 0 Å². The van der Waals surface area contributed by atoms with Gasteiger partial charge in [-0.05, 0) is 34.8 Å². The third-order valence-corrected chi connectivity index (χ3v) is 3.22. The Kier molecular flexibility index (Phi) is 7.07. The van der Waals surface area contributed by atoms with Crippen molar-refractivity contribution >= 4 is 33.6 Å². The number of carboxylic acid groups (broad SMARTS) is 1. The standard InChI is InChI=1S/C13H15BrF2N2O3/c14-9-6-8(15)7-10(16)12(9)18-13(21)17-5-3-1-2-4-11(19)20/h6-7H,1-5H2,(H,19,20)(H2,17,18,21). The fourth-order valence-corrected chi connectivity index (χ4v) is 2.11. The Hall–Kier alpha value is -1.70. The highest BCUT2D eigenvalue weighted by Gasteiger charge is 2.12. The van der Waals surface area contributed by atoms with Gasteiger partial charge in [0.15, 0.2) is 5.82 Å². The molecule has 0 saturated carbocycles. The third kappa shape index (κ3) is 6.52. The van der Waals surface area contributed by atoms with Crippen LogP contribution in [-0.2, 0) is 4.79 Å². The number of anilines is 1. The van der Waals surface area contributed by atoms with Gasteiger partial charge in [0.05, 0.1) is 5.69 Å². The molecule has 0 aromatic heterocycles. The quantitative estimate of drug-likeness (QED) is 0.648. The lowest BCUT2D eigenvalue weighted by molar-refractivity contribution is -0.137. The molecular formula is C13H15BrF2N2O3. The van der Waals surface area contributed by atoms with Crippen molar-refractivity contribution in [1.29, 1.82) is 0 Å². The van der Waals surface area contributed by atoms with Crippen LogP contribution in [0.25, 0.3) is 0 Å². The normalized spacial score (nSPS) is 10.2. The summed E-state index contributed by atoms with van der Waals surface area (Å²) < 4.78 is 26.5. The Morgan fingerprint density at radius 2 is 1.90 bits per heavy atom. The Morgan fingerprint density at radius 3 is 2.52 bits per heavy atom. The van der Waals surface area contributed by atoms with Gasteiger partial charge in [0.2, 0.25) is 0 Å². The number of amides is 2. The summed E-state index contributed by atoms with van der Waals surface area (Å²) in [5.41, 5.74) is -0.139. The molecule has 0 spiro atoms. The van der Waals surface area contributed by atoms with Crippen LogP contribution >= 0.6 is 15.9 Å². The van der Waals surface area contributed by atoms with E-state index >= 15 is 0 Å². The maximum atomic E-state index is 13.5. The minimum absolute atomic E-state index is 0.0972. The summed E-state index contributed by atoms with van der Waals surface area (Å²) in [6.45, 7) is 0.339. The summed E-state index contributed by atoms with van der Waals surface area (Å²) in [6.07, 6.45) is 1.92. The highest BCUT2D eigenvalue weighted by molar-refractivity contribution is 9.10. The molecule has 0 fully saturated rings. The summed E-state index contributed by atoms with van der Waals surface area (Å²) >= 11 is 2.96. The zero-order valence-corrected chi connectivity index (χ0v) is 12.7. The van der Waals surface area contributed by atoms with Crippen LogP contribution in [0.2, 0.25) is 0 Å². The van der Waals surface area contributed by atoms with E-state index < -0.39 is 23.6 Å². The Balaban J connectivity index is 2.33. The predicted octanol–water partition coefficient (Wildman–Crippen LogP) is 3.49. The first-order chi connectivity index (χ1) is 9.90. The Labute approximate surface area is 128 Å². The fraction of sp³-hybridized carbons (Fsp3) is 0.385. The molecule has 2 amide bonds. The number of carbonyl (C=O) groups is 2. The smallest absolute Gasteiger partial charge is 0.319 e. The second kappa shape index (κ2) is 8.56. The molecule has 0 radical (unpaired) electrons. The summed E-state index contributed by atoms with van der Waals surface area (Å²) in [4.78, 5) is 21.8. The van der Waals surface area contributed by atoms with Crippen molar-refractivity contribution in [1.82, 2.24) is 5.32 Å². The predicted molar refractivity (Wildman–Crippen MR) is 77.2 cm³/mol. The molecule has 0 atom stereocenters.